The molecule has 0 bridgehead atoms. The van der Waals surface area contributed by atoms with Gasteiger partial charge in [-0.3, -0.25) is 9.59 Å². The molecule has 7 heteroatoms. The Morgan fingerprint density at radius 2 is 1.70 bits per heavy atom. The van der Waals surface area contributed by atoms with Gasteiger partial charge in [-0.1, -0.05) is 53.5 Å². The minimum atomic E-state index is -0.541. The van der Waals surface area contributed by atoms with E-state index in [1.165, 1.54) is 0 Å². The van der Waals surface area contributed by atoms with Crippen molar-refractivity contribution in [3.63, 3.8) is 0 Å². The van der Waals surface area contributed by atoms with Gasteiger partial charge in [0.05, 0.1) is 0 Å². The molecule has 0 saturated heterocycles. The number of hydrogen-bond donors (Lipinski definition) is 1. The molecule has 0 aliphatic rings. The third kappa shape index (κ3) is 8.32. The molecule has 2 aromatic rings. The SMILES string of the molecule is CC(C)CNC(=O)[C@H](C)N(Cc1ccc(Br)cc1)C(=O)CCSc1ccc(Cl)cc1. The van der Waals surface area contributed by atoms with Gasteiger partial charge in [0, 0.05) is 39.7 Å². The van der Waals surface area contributed by atoms with Crippen LogP contribution in [0.4, 0.5) is 0 Å². The molecule has 2 amide bonds. The number of carbonyl (C=O) groups excluding carboxylic acids is 2. The van der Waals surface area contributed by atoms with Crippen molar-refractivity contribution in [2.75, 3.05) is 12.3 Å². The number of hydrogen-bond acceptors (Lipinski definition) is 3. The number of carbonyl (C=O) groups is 2. The minimum absolute atomic E-state index is 0.0356. The van der Waals surface area contributed by atoms with E-state index in [2.05, 4.69) is 21.2 Å². The number of thioether (sulfide) groups is 1. The first-order valence-corrected chi connectivity index (χ1v) is 12.1. The van der Waals surface area contributed by atoms with Gasteiger partial charge in [-0.2, -0.15) is 0 Å². The van der Waals surface area contributed by atoms with Crippen LogP contribution in [0.25, 0.3) is 0 Å². The molecule has 30 heavy (non-hydrogen) atoms. The maximum atomic E-state index is 13.0. The molecule has 2 aromatic carbocycles. The molecule has 0 aromatic heterocycles. The fourth-order valence-corrected chi connectivity index (χ4v) is 3.98. The van der Waals surface area contributed by atoms with Crippen LogP contribution >= 0.6 is 39.3 Å². The van der Waals surface area contributed by atoms with E-state index in [-0.39, 0.29) is 11.8 Å². The maximum absolute atomic E-state index is 13.0. The van der Waals surface area contributed by atoms with Crippen LogP contribution in [0.5, 0.6) is 0 Å². The fourth-order valence-electron chi connectivity index (χ4n) is 2.75. The van der Waals surface area contributed by atoms with Crippen molar-refractivity contribution in [2.24, 2.45) is 5.92 Å². The molecule has 0 heterocycles. The van der Waals surface area contributed by atoms with E-state index in [1.807, 2.05) is 62.4 Å². The van der Waals surface area contributed by atoms with Crippen molar-refractivity contribution >= 4 is 51.1 Å². The third-order valence-corrected chi connectivity index (χ3v) is 6.31. The molecule has 1 N–H and O–H groups in total. The Morgan fingerprint density at radius 3 is 2.30 bits per heavy atom. The lowest BCUT2D eigenvalue weighted by Crippen LogP contribution is -2.48. The molecule has 2 rings (SSSR count). The van der Waals surface area contributed by atoms with Crippen molar-refractivity contribution in [1.82, 2.24) is 10.2 Å². The molecule has 1 atom stereocenters. The highest BCUT2D eigenvalue weighted by atomic mass is 79.9. The summed E-state index contributed by atoms with van der Waals surface area (Å²) in [5, 5.41) is 3.63. The van der Waals surface area contributed by atoms with Gasteiger partial charge in [0.2, 0.25) is 11.8 Å². The Labute approximate surface area is 196 Å². The average molecular weight is 512 g/mol. The second kappa shape index (κ2) is 12.4. The van der Waals surface area contributed by atoms with Crippen LogP contribution in [0, 0.1) is 5.92 Å². The molecule has 0 unspecified atom stereocenters. The zero-order chi connectivity index (χ0) is 22.1. The summed E-state index contributed by atoms with van der Waals surface area (Å²) in [6.07, 6.45) is 0.353. The van der Waals surface area contributed by atoms with Crippen molar-refractivity contribution in [3.8, 4) is 0 Å². The van der Waals surface area contributed by atoms with Gasteiger partial charge < -0.3 is 10.2 Å². The third-order valence-electron chi connectivity index (χ3n) is 4.52. The van der Waals surface area contributed by atoms with Crippen LogP contribution in [-0.2, 0) is 16.1 Å². The monoisotopic (exact) mass is 510 g/mol. The van der Waals surface area contributed by atoms with E-state index in [4.69, 9.17) is 11.6 Å². The number of halogens is 2. The molecule has 4 nitrogen and oxygen atoms in total. The summed E-state index contributed by atoms with van der Waals surface area (Å²) in [5.41, 5.74) is 0.986. The van der Waals surface area contributed by atoms with Crippen LogP contribution in [-0.4, -0.2) is 35.1 Å². The predicted octanol–water partition coefficient (Wildman–Crippen LogP) is 5.77. The highest BCUT2D eigenvalue weighted by Gasteiger charge is 2.25. The summed E-state index contributed by atoms with van der Waals surface area (Å²) < 4.78 is 0.978. The van der Waals surface area contributed by atoms with E-state index < -0.39 is 6.04 Å². The Morgan fingerprint density at radius 1 is 1.07 bits per heavy atom. The molecule has 0 radical (unpaired) electrons. The Bertz CT molecular complexity index is 828. The van der Waals surface area contributed by atoms with Crippen LogP contribution in [0.2, 0.25) is 5.02 Å². The Kier molecular flexibility index (Phi) is 10.2. The lowest BCUT2D eigenvalue weighted by atomic mass is 10.1. The zero-order valence-corrected chi connectivity index (χ0v) is 20.7. The standard InChI is InChI=1S/C23H28BrClN2O2S/c1-16(2)14-26-23(29)17(3)27(15-18-4-6-19(24)7-5-18)22(28)12-13-30-21-10-8-20(25)9-11-21/h4-11,16-17H,12-15H2,1-3H3,(H,26,29)/t17-/m0/s1. The van der Waals surface area contributed by atoms with Gasteiger partial charge in [0.1, 0.15) is 6.04 Å². The molecular formula is C23H28BrClN2O2S. The lowest BCUT2D eigenvalue weighted by Gasteiger charge is -2.29. The quantitative estimate of drug-likeness (QED) is 0.412. The highest BCUT2D eigenvalue weighted by Crippen LogP contribution is 2.22. The second-order valence-electron chi connectivity index (χ2n) is 7.52. The number of rotatable bonds is 10. The minimum Gasteiger partial charge on any atom is -0.354 e. The average Bonchev–Trinajstić information content (AvgIpc) is 2.72. The van der Waals surface area contributed by atoms with Crippen molar-refractivity contribution < 1.29 is 9.59 Å². The molecule has 162 valence electrons. The number of nitrogens with one attached hydrogen (secondary N) is 1. The van der Waals surface area contributed by atoms with E-state index in [0.717, 1.165) is 14.9 Å². The van der Waals surface area contributed by atoms with E-state index in [1.54, 1.807) is 23.6 Å². The van der Waals surface area contributed by atoms with Crippen molar-refractivity contribution in [2.45, 2.75) is 44.7 Å². The maximum Gasteiger partial charge on any atom is 0.242 e. The van der Waals surface area contributed by atoms with Gasteiger partial charge >= 0.3 is 0 Å². The van der Waals surface area contributed by atoms with Gasteiger partial charge in [-0.05, 0) is 54.8 Å². The van der Waals surface area contributed by atoms with E-state index in [0.29, 0.717) is 36.2 Å². The largest absolute Gasteiger partial charge is 0.354 e. The Balaban J connectivity index is 2.04. The zero-order valence-electron chi connectivity index (χ0n) is 17.5. The molecule has 0 spiro atoms. The van der Waals surface area contributed by atoms with Crippen LogP contribution in [0.3, 0.4) is 0 Å². The summed E-state index contributed by atoms with van der Waals surface area (Å²) in [6, 6.07) is 14.8. The first kappa shape index (κ1) is 24.8. The molecule has 0 aliphatic carbocycles. The number of nitrogens with zero attached hydrogens (tertiary/aromatic N) is 1. The number of benzene rings is 2. The number of amides is 2. The second-order valence-corrected chi connectivity index (χ2v) is 10.0. The first-order chi connectivity index (χ1) is 14.3. The smallest absolute Gasteiger partial charge is 0.242 e. The summed E-state index contributed by atoms with van der Waals surface area (Å²) >= 11 is 11.0. The van der Waals surface area contributed by atoms with Gasteiger partial charge in [0.25, 0.3) is 0 Å². The molecule has 0 aliphatic heterocycles. The van der Waals surface area contributed by atoms with Crippen molar-refractivity contribution in [3.05, 3.63) is 63.6 Å². The molecular weight excluding hydrogens is 484 g/mol. The van der Waals surface area contributed by atoms with Crippen LogP contribution in [0.1, 0.15) is 32.8 Å². The van der Waals surface area contributed by atoms with Crippen LogP contribution in [0.15, 0.2) is 57.9 Å². The lowest BCUT2D eigenvalue weighted by molar-refractivity contribution is -0.140. The summed E-state index contributed by atoms with van der Waals surface area (Å²) in [4.78, 5) is 28.4. The van der Waals surface area contributed by atoms with Gasteiger partial charge in [0.15, 0.2) is 0 Å². The fraction of sp³-hybridized carbons (Fsp3) is 0.391. The molecule has 0 fully saturated rings. The van der Waals surface area contributed by atoms with Gasteiger partial charge in [-0.15, -0.1) is 11.8 Å². The molecule has 0 saturated carbocycles. The van der Waals surface area contributed by atoms with E-state index in [9.17, 15) is 9.59 Å². The summed E-state index contributed by atoms with van der Waals surface area (Å²) in [7, 11) is 0. The van der Waals surface area contributed by atoms with Crippen molar-refractivity contribution in [1.29, 1.82) is 0 Å². The first-order valence-electron chi connectivity index (χ1n) is 9.96. The highest BCUT2D eigenvalue weighted by molar-refractivity contribution is 9.10. The summed E-state index contributed by atoms with van der Waals surface area (Å²) in [5.74, 6) is 0.830. The van der Waals surface area contributed by atoms with Gasteiger partial charge in [-0.25, -0.2) is 0 Å². The predicted molar refractivity (Wildman–Crippen MR) is 129 cm³/mol. The van der Waals surface area contributed by atoms with E-state index >= 15 is 0 Å². The van der Waals surface area contributed by atoms with Crippen LogP contribution < -0.4 is 5.32 Å². The Hall–Kier alpha value is -1.50. The topological polar surface area (TPSA) is 49.4 Å². The summed E-state index contributed by atoms with van der Waals surface area (Å²) in [6.45, 7) is 6.87. The normalized spacial score (nSPS) is 11.9.